The van der Waals surface area contributed by atoms with Gasteiger partial charge in [-0.3, -0.25) is 14.9 Å². The first-order valence-corrected chi connectivity index (χ1v) is 9.26. The van der Waals surface area contributed by atoms with Crippen LogP contribution in [0.4, 0.5) is 5.69 Å². The van der Waals surface area contributed by atoms with Gasteiger partial charge < -0.3 is 10.1 Å². The van der Waals surface area contributed by atoms with E-state index >= 15 is 0 Å². The number of methoxy groups -OCH3 is 1. The van der Waals surface area contributed by atoms with Crippen LogP contribution in [0.5, 0.6) is 0 Å². The van der Waals surface area contributed by atoms with Gasteiger partial charge in [0.15, 0.2) is 0 Å². The maximum atomic E-state index is 13.2. The summed E-state index contributed by atoms with van der Waals surface area (Å²) in [5.41, 5.74) is 1.63. The minimum Gasteiger partial charge on any atom is -0.468 e. The van der Waals surface area contributed by atoms with Crippen molar-refractivity contribution in [3.8, 4) is 0 Å². The molecule has 2 atom stereocenters. The number of ether oxygens (including phenoxy) is 1. The molecule has 3 rings (SSSR count). The van der Waals surface area contributed by atoms with Gasteiger partial charge in [-0.15, -0.1) is 0 Å². The lowest BCUT2D eigenvalue weighted by atomic mass is 9.83. The normalized spacial score (nSPS) is 19.5. The largest absolute Gasteiger partial charge is 0.468 e. The standard InChI is InChI=1S/C22H26N2O3/c1-15(2)13-19(20(25)27-3)24-22(14-16-9-5-4-6-10-16)17-11-7-8-12-18(17)23-21(22)26/h4-12,15,19,24H,13-14H2,1-3H3,(H,23,26)/t19-,22+/m0/s1. The fraction of sp³-hybridized carbons (Fsp3) is 0.364. The molecule has 0 radical (unpaired) electrons. The van der Waals surface area contributed by atoms with Gasteiger partial charge in [0.05, 0.1) is 7.11 Å². The van der Waals surface area contributed by atoms with E-state index in [2.05, 4.69) is 10.6 Å². The van der Waals surface area contributed by atoms with Crippen molar-refractivity contribution in [2.75, 3.05) is 12.4 Å². The predicted molar refractivity (Wildman–Crippen MR) is 105 cm³/mol. The van der Waals surface area contributed by atoms with Crippen LogP contribution in [-0.2, 0) is 26.3 Å². The molecule has 0 bridgehead atoms. The molecule has 1 amide bonds. The molecule has 0 fully saturated rings. The van der Waals surface area contributed by atoms with Crippen molar-refractivity contribution in [2.45, 2.75) is 38.3 Å². The van der Waals surface area contributed by atoms with Gasteiger partial charge in [-0.25, -0.2) is 0 Å². The Morgan fingerprint density at radius 3 is 2.44 bits per heavy atom. The number of hydrogen-bond acceptors (Lipinski definition) is 4. The van der Waals surface area contributed by atoms with Crippen molar-refractivity contribution >= 4 is 17.6 Å². The van der Waals surface area contributed by atoms with E-state index in [9.17, 15) is 9.59 Å². The maximum Gasteiger partial charge on any atom is 0.322 e. The highest BCUT2D eigenvalue weighted by molar-refractivity contribution is 6.06. The minimum atomic E-state index is -1.02. The van der Waals surface area contributed by atoms with Crippen LogP contribution < -0.4 is 10.6 Å². The van der Waals surface area contributed by atoms with E-state index in [0.29, 0.717) is 12.8 Å². The van der Waals surface area contributed by atoms with Gasteiger partial charge in [0.25, 0.3) is 0 Å². The molecule has 27 heavy (non-hydrogen) atoms. The van der Waals surface area contributed by atoms with Crippen LogP contribution in [-0.4, -0.2) is 25.0 Å². The van der Waals surface area contributed by atoms with E-state index in [1.165, 1.54) is 7.11 Å². The number of nitrogens with one attached hydrogen (secondary N) is 2. The Hall–Kier alpha value is -2.66. The van der Waals surface area contributed by atoms with Crippen LogP contribution in [0.25, 0.3) is 0 Å². The third-order valence-electron chi connectivity index (χ3n) is 4.95. The molecule has 5 nitrogen and oxygen atoms in total. The highest BCUT2D eigenvalue weighted by atomic mass is 16.5. The monoisotopic (exact) mass is 366 g/mol. The summed E-state index contributed by atoms with van der Waals surface area (Å²) in [6, 6.07) is 16.9. The molecule has 1 heterocycles. The summed E-state index contributed by atoms with van der Waals surface area (Å²) >= 11 is 0. The summed E-state index contributed by atoms with van der Waals surface area (Å²) in [5.74, 6) is -0.228. The lowest BCUT2D eigenvalue weighted by Crippen LogP contribution is -2.56. The smallest absolute Gasteiger partial charge is 0.322 e. The Kier molecular flexibility index (Phi) is 5.61. The summed E-state index contributed by atoms with van der Waals surface area (Å²) in [4.78, 5) is 25.6. The Bertz CT molecular complexity index is 819. The lowest BCUT2D eigenvalue weighted by Gasteiger charge is -2.33. The predicted octanol–water partition coefficient (Wildman–Crippen LogP) is 3.25. The number of para-hydroxylation sites is 1. The van der Waals surface area contributed by atoms with Crippen LogP contribution >= 0.6 is 0 Å². The molecule has 1 aliphatic heterocycles. The molecule has 1 aliphatic rings. The average molecular weight is 366 g/mol. The highest BCUT2D eigenvalue weighted by Gasteiger charge is 2.48. The fourth-order valence-corrected chi connectivity index (χ4v) is 3.71. The first kappa shape index (κ1) is 19.1. The van der Waals surface area contributed by atoms with Crippen LogP contribution in [0.1, 0.15) is 31.4 Å². The van der Waals surface area contributed by atoms with Crippen LogP contribution in [0.2, 0.25) is 0 Å². The summed E-state index contributed by atoms with van der Waals surface area (Å²) in [5, 5.41) is 6.35. The van der Waals surface area contributed by atoms with Crippen molar-refractivity contribution in [3.05, 3.63) is 65.7 Å². The third-order valence-corrected chi connectivity index (χ3v) is 4.95. The molecule has 0 unspecified atom stereocenters. The average Bonchev–Trinajstić information content (AvgIpc) is 2.93. The van der Waals surface area contributed by atoms with Crippen molar-refractivity contribution in [2.24, 2.45) is 5.92 Å². The van der Waals surface area contributed by atoms with Gasteiger partial charge >= 0.3 is 5.97 Å². The molecule has 2 N–H and O–H groups in total. The number of carbonyl (C=O) groups is 2. The Balaban J connectivity index is 2.05. The molecule has 5 heteroatoms. The van der Waals surface area contributed by atoms with Gasteiger partial charge in [-0.05, 0) is 24.0 Å². The molecule has 0 spiro atoms. The number of fused-ring (bicyclic) bond motifs is 1. The molecule has 0 saturated heterocycles. The van der Waals surface area contributed by atoms with E-state index < -0.39 is 11.6 Å². The van der Waals surface area contributed by atoms with Crippen molar-refractivity contribution < 1.29 is 14.3 Å². The number of esters is 1. The molecule has 0 aliphatic carbocycles. The SMILES string of the molecule is COC(=O)[C@H](CC(C)C)N[C@@]1(Cc2ccccc2)C(=O)Nc2ccccc21. The van der Waals surface area contributed by atoms with Gasteiger partial charge in [-0.1, -0.05) is 62.4 Å². The van der Waals surface area contributed by atoms with Gasteiger partial charge in [0.1, 0.15) is 11.6 Å². The molecule has 142 valence electrons. The topological polar surface area (TPSA) is 67.4 Å². The van der Waals surface area contributed by atoms with Crippen LogP contribution in [0.3, 0.4) is 0 Å². The quantitative estimate of drug-likeness (QED) is 0.738. The maximum absolute atomic E-state index is 13.2. The number of rotatable bonds is 7. The number of carbonyl (C=O) groups excluding carboxylic acids is 2. The lowest BCUT2D eigenvalue weighted by molar-refractivity contribution is -0.144. The number of amides is 1. The van der Waals surface area contributed by atoms with Crippen molar-refractivity contribution in [3.63, 3.8) is 0 Å². The Morgan fingerprint density at radius 2 is 1.78 bits per heavy atom. The van der Waals surface area contributed by atoms with Gasteiger partial charge in [0.2, 0.25) is 5.91 Å². The third kappa shape index (κ3) is 3.88. The van der Waals surface area contributed by atoms with E-state index in [4.69, 9.17) is 4.74 Å². The second-order valence-corrected chi connectivity index (χ2v) is 7.42. The summed E-state index contributed by atoms with van der Waals surface area (Å²) in [6.07, 6.45) is 1.03. The highest BCUT2D eigenvalue weighted by Crippen LogP contribution is 2.39. The Morgan fingerprint density at radius 1 is 1.11 bits per heavy atom. The number of hydrogen-bond donors (Lipinski definition) is 2. The molecule has 0 saturated carbocycles. The van der Waals surface area contributed by atoms with E-state index in [0.717, 1.165) is 16.8 Å². The molecule has 2 aromatic carbocycles. The molecular formula is C22H26N2O3. The molecule has 0 aromatic heterocycles. The second kappa shape index (κ2) is 7.92. The van der Waals surface area contributed by atoms with Crippen LogP contribution in [0, 0.1) is 5.92 Å². The zero-order valence-electron chi connectivity index (χ0n) is 16.0. The second-order valence-electron chi connectivity index (χ2n) is 7.42. The van der Waals surface area contributed by atoms with Crippen LogP contribution in [0.15, 0.2) is 54.6 Å². The van der Waals surface area contributed by atoms with Crippen molar-refractivity contribution in [1.82, 2.24) is 5.32 Å². The van der Waals surface area contributed by atoms with Gasteiger partial charge in [0, 0.05) is 17.7 Å². The van der Waals surface area contributed by atoms with E-state index in [1.807, 2.05) is 68.4 Å². The van der Waals surface area contributed by atoms with Crippen molar-refractivity contribution in [1.29, 1.82) is 0 Å². The zero-order chi connectivity index (χ0) is 19.4. The fourth-order valence-electron chi connectivity index (χ4n) is 3.71. The Labute approximate surface area is 160 Å². The summed E-state index contributed by atoms with van der Waals surface area (Å²) in [7, 11) is 1.38. The summed E-state index contributed by atoms with van der Waals surface area (Å²) < 4.78 is 5.01. The number of anilines is 1. The molecule has 2 aromatic rings. The minimum absolute atomic E-state index is 0.148. The zero-order valence-corrected chi connectivity index (χ0v) is 16.0. The van der Waals surface area contributed by atoms with Gasteiger partial charge in [-0.2, -0.15) is 0 Å². The van der Waals surface area contributed by atoms with E-state index in [-0.39, 0.29) is 17.8 Å². The van der Waals surface area contributed by atoms with E-state index in [1.54, 1.807) is 0 Å². The number of benzene rings is 2. The molecular weight excluding hydrogens is 340 g/mol. The first-order valence-electron chi connectivity index (χ1n) is 9.26. The summed E-state index contributed by atoms with van der Waals surface area (Å²) in [6.45, 7) is 4.09. The first-order chi connectivity index (χ1) is 13.0.